The molecule has 0 atom stereocenters. The first-order chi connectivity index (χ1) is 11.1. The van der Waals surface area contributed by atoms with Crippen molar-refractivity contribution in [2.75, 3.05) is 0 Å². The highest BCUT2D eigenvalue weighted by atomic mass is 16.5. The molecule has 1 aliphatic carbocycles. The zero-order valence-electron chi connectivity index (χ0n) is 12.6. The first-order valence-electron chi connectivity index (χ1n) is 7.67. The first kappa shape index (κ1) is 15.3. The van der Waals surface area contributed by atoms with Crippen molar-refractivity contribution in [2.24, 2.45) is 0 Å². The molecule has 0 spiro atoms. The van der Waals surface area contributed by atoms with Crippen LogP contribution in [0.15, 0.2) is 33.4 Å². The fourth-order valence-corrected chi connectivity index (χ4v) is 2.92. The Hall–Kier alpha value is -2.57. The summed E-state index contributed by atoms with van der Waals surface area (Å²) in [5.74, 6) is -0.761. The monoisotopic (exact) mass is 318 g/mol. The van der Waals surface area contributed by atoms with E-state index in [4.69, 9.17) is 8.94 Å². The van der Waals surface area contributed by atoms with Gasteiger partial charge in [0.2, 0.25) is 5.76 Å². The minimum Gasteiger partial charge on any atom is -0.480 e. The number of rotatable bonds is 4. The SMILES string of the molecule is O=C(NC1(C(=O)O)CCCCCC1)c1cc(-c2ccco2)on1. The van der Waals surface area contributed by atoms with E-state index in [9.17, 15) is 14.7 Å². The van der Waals surface area contributed by atoms with E-state index in [2.05, 4.69) is 10.5 Å². The van der Waals surface area contributed by atoms with Crippen LogP contribution in [0.4, 0.5) is 0 Å². The van der Waals surface area contributed by atoms with Gasteiger partial charge in [0, 0.05) is 6.07 Å². The second-order valence-electron chi connectivity index (χ2n) is 5.81. The second-order valence-corrected chi connectivity index (χ2v) is 5.81. The molecule has 2 aromatic heterocycles. The van der Waals surface area contributed by atoms with Crippen molar-refractivity contribution in [1.82, 2.24) is 10.5 Å². The number of furan rings is 1. The largest absolute Gasteiger partial charge is 0.480 e. The van der Waals surface area contributed by atoms with E-state index in [1.165, 1.54) is 12.3 Å². The molecule has 0 aromatic carbocycles. The average molecular weight is 318 g/mol. The minimum atomic E-state index is -1.22. The molecule has 0 aliphatic heterocycles. The van der Waals surface area contributed by atoms with Gasteiger partial charge in [-0.1, -0.05) is 30.8 Å². The molecule has 3 rings (SSSR count). The quantitative estimate of drug-likeness (QED) is 0.840. The van der Waals surface area contributed by atoms with E-state index in [1.54, 1.807) is 12.1 Å². The number of nitrogens with one attached hydrogen (secondary N) is 1. The summed E-state index contributed by atoms with van der Waals surface area (Å²) < 4.78 is 10.3. The summed E-state index contributed by atoms with van der Waals surface area (Å²) in [4.78, 5) is 24.1. The molecule has 23 heavy (non-hydrogen) atoms. The van der Waals surface area contributed by atoms with Gasteiger partial charge in [-0.15, -0.1) is 0 Å². The smallest absolute Gasteiger partial charge is 0.329 e. The summed E-state index contributed by atoms with van der Waals surface area (Å²) in [7, 11) is 0. The van der Waals surface area contributed by atoms with Crippen LogP contribution >= 0.6 is 0 Å². The second kappa shape index (κ2) is 6.28. The number of aromatic nitrogens is 1. The van der Waals surface area contributed by atoms with Crippen molar-refractivity contribution in [1.29, 1.82) is 0 Å². The van der Waals surface area contributed by atoms with Crippen LogP contribution in [0.3, 0.4) is 0 Å². The Labute approximate surface area is 132 Å². The summed E-state index contributed by atoms with van der Waals surface area (Å²) in [6.45, 7) is 0. The Kier molecular flexibility index (Phi) is 4.18. The Morgan fingerprint density at radius 1 is 1.17 bits per heavy atom. The molecule has 1 saturated carbocycles. The number of carboxylic acid groups (broad SMARTS) is 1. The topological polar surface area (TPSA) is 106 Å². The highest BCUT2D eigenvalue weighted by Crippen LogP contribution is 2.28. The molecule has 122 valence electrons. The molecule has 0 unspecified atom stereocenters. The Morgan fingerprint density at radius 2 is 1.91 bits per heavy atom. The lowest BCUT2D eigenvalue weighted by molar-refractivity contribution is -0.145. The van der Waals surface area contributed by atoms with E-state index in [1.807, 2.05) is 0 Å². The third-order valence-corrected chi connectivity index (χ3v) is 4.23. The van der Waals surface area contributed by atoms with Gasteiger partial charge < -0.3 is 19.4 Å². The number of carbonyl (C=O) groups is 2. The van der Waals surface area contributed by atoms with E-state index in [0.717, 1.165) is 25.7 Å². The normalized spacial score (nSPS) is 17.4. The Balaban J connectivity index is 1.78. The predicted octanol–water partition coefficient (Wildman–Crippen LogP) is 2.84. The molecule has 0 bridgehead atoms. The Morgan fingerprint density at radius 3 is 2.52 bits per heavy atom. The summed E-state index contributed by atoms with van der Waals surface area (Å²) >= 11 is 0. The standard InChI is InChI=1S/C16H18N2O5/c19-14(11-10-13(23-18-11)12-6-5-9-22-12)17-16(15(20)21)7-3-1-2-4-8-16/h5-6,9-10H,1-4,7-8H2,(H,17,19)(H,20,21). The summed E-state index contributed by atoms with van der Waals surface area (Å²) in [5, 5.41) is 16.0. The lowest BCUT2D eigenvalue weighted by Crippen LogP contribution is -2.54. The van der Waals surface area contributed by atoms with Crippen molar-refractivity contribution in [3.63, 3.8) is 0 Å². The van der Waals surface area contributed by atoms with Crippen LogP contribution in [0.25, 0.3) is 11.5 Å². The maximum atomic E-state index is 12.4. The third kappa shape index (κ3) is 3.13. The van der Waals surface area contributed by atoms with Crippen molar-refractivity contribution in [3.05, 3.63) is 30.2 Å². The first-order valence-corrected chi connectivity index (χ1v) is 7.67. The maximum absolute atomic E-state index is 12.4. The van der Waals surface area contributed by atoms with Gasteiger partial charge in [-0.2, -0.15) is 0 Å². The summed E-state index contributed by atoms with van der Waals surface area (Å²) in [5.41, 5.74) is -1.18. The van der Waals surface area contributed by atoms with E-state index >= 15 is 0 Å². The number of hydrogen-bond donors (Lipinski definition) is 2. The summed E-state index contributed by atoms with van der Waals surface area (Å²) in [6.07, 6.45) is 5.87. The van der Waals surface area contributed by atoms with Gasteiger partial charge in [-0.05, 0) is 25.0 Å². The lowest BCUT2D eigenvalue weighted by atomic mass is 9.90. The van der Waals surface area contributed by atoms with Crippen LogP contribution in [-0.2, 0) is 4.79 Å². The molecule has 0 saturated heterocycles. The van der Waals surface area contributed by atoms with Gasteiger partial charge in [0.05, 0.1) is 6.26 Å². The molecular weight excluding hydrogens is 300 g/mol. The van der Waals surface area contributed by atoms with Crippen molar-refractivity contribution in [3.8, 4) is 11.5 Å². The maximum Gasteiger partial charge on any atom is 0.329 e. The van der Waals surface area contributed by atoms with Gasteiger partial charge in [0.15, 0.2) is 11.5 Å². The van der Waals surface area contributed by atoms with Crippen molar-refractivity contribution >= 4 is 11.9 Å². The van der Waals surface area contributed by atoms with Gasteiger partial charge in [-0.3, -0.25) is 4.79 Å². The van der Waals surface area contributed by atoms with Crippen LogP contribution in [0, 0.1) is 0 Å². The molecule has 1 amide bonds. The fraction of sp³-hybridized carbons (Fsp3) is 0.438. The Bertz CT molecular complexity index is 681. The van der Waals surface area contributed by atoms with Gasteiger partial charge in [0.25, 0.3) is 5.91 Å². The molecule has 1 aliphatic rings. The number of carboxylic acids is 1. The molecule has 7 heteroatoms. The van der Waals surface area contributed by atoms with Gasteiger partial charge in [0.1, 0.15) is 5.54 Å². The van der Waals surface area contributed by atoms with E-state index in [0.29, 0.717) is 24.4 Å². The predicted molar refractivity (Wildman–Crippen MR) is 79.7 cm³/mol. The van der Waals surface area contributed by atoms with Crippen LogP contribution in [-0.4, -0.2) is 27.7 Å². The highest BCUT2D eigenvalue weighted by molar-refractivity contribution is 5.96. The third-order valence-electron chi connectivity index (χ3n) is 4.23. The molecule has 2 heterocycles. The molecule has 1 fully saturated rings. The average Bonchev–Trinajstić information content (AvgIpc) is 3.16. The molecule has 2 N–H and O–H groups in total. The minimum absolute atomic E-state index is 0.0428. The van der Waals surface area contributed by atoms with Crippen molar-refractivity contribution in [2.45, 2.75) is 44.1 Å². The van der Waals surface area contributed by atoms with Crippen LogP contribution in [0.5, 0.6) is 0 Å². The number of hydrogen-bond acceptors (Lipinski definition) is 5. The highest BCUT2D eigenvalue weighted by Gasteiger charge is 2.40. The number of aliphatic carboxylic acids is 1. The number of nitrogens with zero attached hydrogens (tertiary/aromatic N) is 1. The molecule has 7 nitrogen and oxygen atoms in total. The van der Waals surface area contributed by atoms with E-state index < -0.39 is 17.4 Å². The lowest BCUT2D eigenvalue weighted by Gasteiger charge is -2.28. The van der Waals surface area contributed by atoms with Crippen LogP contribution in [0.1, 0.15) is 49.0 Å². The van der Waals surface area contributed by atoms with Gasteiger partial charge in [-0.25, -0.2) is 4.79 Å². The van der Waals surface area contributed by atoms with Crippen LogP contribution in [0.2, 0.25) is 0 Å². The van der Waals surface area contributed by atoms with Gasteiger partial charge >= 0.3 is 5.97 Å². The zero-order chi connectivity index (χ0) is 16.3. The number of amides is 1. The molecule has 0 radical (unpaired) electrons. The molecular formula is C16H18N2O5. The van der Waals surface area contributed by atoms with E-state index in [-0.39, 0.29) is 5.69 Å². The summed E-state index contributed by atoms with van der Waals surface area (Å²) in [6, 6.07) is 4.83. The van der Waals surface area contributed by atoms with Crippen molar-refractivity contribution < 1.29 is 23.6 Å². The fourth-order valence-electron chi connectivity index (χ4n) is 2.92. The number of carbonyl (C=O) groups excluding carboxylic acids is 1. The molecule has 2 aromatic rings. The van der Waals surface area contributed by atoms with Crippen LogP contribution < -0.4 is 5.32 Å². The zero-order valence-corrected chi connectivity index (χ0v) is 12.6.